The molecule has 1 aliphatic rings. The van der Waals surface area contributed by atoms with E-state index in [2.05, 4.69) is 0 Å². The summed E-state index contributed by atoms with van der Waals surface area (Å²) in [4.78, 5) is 33.6. The number of methoxy groups -OCH3 is 1. The molecule has 35 heavy (non-hydrogen) atoms. The molecule has 0 radical (unpaired) electrons. The first-order chi connectivity index (χ1) is 16.7. The first kappa shape index (κ1) is 24.3. The van der Waals surface area contributed by atoms with Gasteiger partial charge < -0.3 is 19.5 Å². The fourth-order valence-electron chi connectivity index (χ4n) is 3.94. The van der Waals surface area contributed by atoms with Crippen molar-refractivity contribution in [2.24, 2.45) is 4.99 Å². The summed E-state index contributed by atoms with van der Waals surface area (Å²) in [6, 6.07) is 12.0. The Bertz CT molecular complexity index is 1480. The first-order valence-corrected chi connectivity index (χ1v) is 11.9. The maximum atomic E-state index is 13.4. The predicted octanol–water partition coefficient (Wildman–Crippen LogP) is 2.69. The number of carbonyl (C=O) groups is 1. The Morgan fingerprint density at radius 1 is 1.23 bits per heavy atom. The van der Waals surface area contributed by atoms with Crippen LogP contribution in [-0.2, 0) is 9.53 Å². The van der Waals surface area contributed by atoms with Crippen molar-refractivity contribution in [3.8, 4) is 11.5 Å². The van der Waals surface area contributed by atoms with Crippen molar-refractivity contribution in [2.75, 3.05) is 32.7 Å². The van der Waals surface area contributed by atoms with E-state index in [1.165, 1.54) is 29.1 Å². The third kappa shape index (κ3) is 4.59. The maximum Gasteiger partial charge on any atom is 0.338 e. The number of nitrogens with zero attached hydrogens (tertiary/aromatic N) is 3. The minimum Gasteiger partial charge on any atom is -0.504 e. The van der Waals surface area contributed by atoms with Crippen LogP contribution in [0.4, 0.5) is 5.69 Å². The average molecular weight is 494 g/mol. The molecule has 1 N–H and O–H groups in total. The first-order valence-electron chi connectivity index (χ1n) is 11.1. The van der Waals surface area contributed by atoms with Crippen LogP contribution < -0.4 is 24.5 Å². The molecule has 8 nitrogen and oxygen atoms in total. The van der Waals surface area contributed by atoms with E-state index in [1.54, 1.807) is 26.0 Å². The number of hydrogen-bond donors (Lipinski definition) is 1. The largest absolute Gasteiger partial charge is 0.504 e. The summed E-state index contributed by atoms with van der Waals surface area (Å²) >= 11 is 1.26. The standard InChI is InChI=1S/C26H27N3O5S/c1-6-34-25(32)22-15(2)29-24(31)21(13-16-7-10-18(11-8-16)28(3)4)35-26(29)27-23(22)17-9-12-19(30)20(14-17)33-5/h7-14,23,30H,6H2,1-5H3/b21-13+. The molecule has 1 aliphatic heterocycles. The Hall–Kier alpha value is -3.85. The van der Waals surface area contributed by atoms with Crippen molar-refractivity contribution in [1.82, 2.24) is 4.57 Å². The second kappa shape index (κ2) is 9.79. The van der Waals surface area contributed by atoms with Gasteiger partial charge in [0.2, 0.25) is 0 Å². The smallest absolute Gasteiger partial charge is 0.338 e. The molecular weight excluding hydrogens is 466 g/mol. The number of phenolic OH excluding ortho intramolecular Hbond substituents is 1. The van der Waals surface area contributed by atoms with Gasteiger partial charge in [0.05, 0.1) is 23.8 Å². The summed E-state index contributed by atoms with van der Waals surface area (Å²) in [6.07, 6.45) is 1.82. The van der Waals surface area contributed by atoms with Crippen molar-refractivity contribution in [2.45, 2.75) is 19.9 Å². The number of hydrogen-bond acceptors (Lipinski definition) is 8. The number of benzene rings is 2. The van der Waals surface area contributed by atoms with Crippen molar-refractivity contribution >= 4 is 34.8 Å². The summed E-state index contributed by atoms with van der Waals surface area (Å²) in [5.74, 6) is -0.294. The van der Waals surface area contributed by atoms with Gasteiger partial charge in [-0.2, -0.15) is 0 Å². The van der Waals surface area contributed by atoms with E-state index in [1.807, 2.05) is 49.3 Å². The number of carbonyl (C=O) groups excluding carboxylic acids is 1. The van der Waals surface area contributed by atoms with Crippen LogP contribution >= 0.6 is 11.3 Å². The summed E-state index contributed by atoms with van der Waals surface area (Å²) in [5.41, 5.74) is 3.08. The van der Waals surface area contributed by atoms with Gasteiger partial charge in [-0.1, -0.05) is 29.5 Å². The van der Waals surface area contributed by atoms with Crippen LogP contribution in [0.2, 0.25) is 0 Å². The molecule has 0 fully saturated rings. The third-order valence-corrected chi connectivity index (χ3v) is 6.75. The summed E-state index contributed by atoms with van der Waals surface area (Å²) < 4.78 is 12.5. The van der Waals surface area contributed by atoms with E-state index in [0.29, 0.717) is 20.6 Å². The summed E-state index contributed by atoms with van der Waals surface area (Å²) in [6.45, 7) is 3.64. The number of phenols is 1. The van der Waals surface area contributed by atoms with Gasteiger partial charge >= 0.3 is 5.97 Å². The lowest BCUT2D eigenvalue weighted by Gasteiger charge is -2.22. The Labute approximate surface area is 206 Å². The van der Waals surface area contributed by atoms with Crippen LogP contribution in [0.3, 0.4) is 0 Å². The van der Waals surface area contributed by atoms with Gasteiger partial charge in [-0.25, -0.2) is 9.79 Å². The van der Waals surface area contributed by atoms with Gasteiger partial charge in [-0.3, -0.25) is 9.36 Å². The highest BCUT2D eigenvalue weighted by atomic mass is 32.1. The van der Waals surface area contributed by atoms with Gasteiger partial charge in [-0.15, -0.1) is 0 Å². The Balaban J connectivity index is 1.90. The van der Waals surface area contributed by atoms with Gasteiger partial charge in [-0.05, 0) is 55.3 Å². The maximum absolute atomic E-state index is 13.4. The fraction of sp³-hybridized carbons (Fsp3) is 0.269. The number of ether oxygens (including phenoxy) is 2. The summed E-state index contributed by atoms with van der Waals surface area (Å²) in [7, 11) is 5.39. The molecule has 2 heterocycles. The van der Waals surface area contributed by atoms with Gasteiger partial charge in [0, 0.05) is 25.5 Å². The quantitative estimate of drug-likeness (QED) is 0.531. The molecule has 0 saturated carbocycles. The average Bonchev–Trinajstić information content (AvgIpc) is 3.14. The van der Waals surface area contributed by atoms with E-state index in [-0.39, 0.29) is 29.2 Å². The highest BCUT2D eigenvalue weighted by Crippen LogP contribution is 2.36. The molecule has 2 aromatic carbocycles. The molecule has 182 valence electrons. The number of thiazole rings is 1. The molecule has 0 bridgehead atoms. The van der Waals surface area contributed by atoms with E-state index >= 15 is 0 Å². The highest BCUT2D eigenvalue weighted by Gasteiger charge is 2.31. The lowest BCUT2D eigenvalue weighted by molar-refractivity contribution is -0.138. The molecule has 0 saturated heterocycles. The zero-order valence-corrected chi connectivity index (χ0v) is 21.0. The number of anilines is 1. The van der Waals surface area contributed by atoms with Gasteiger partial charge in [0.25, 0.3) is 5.56 Å². The lowest BCUT2D eigenvalue weighted by atomic mass is 9.96. The topological polar surface area (TPSA) is 93.4 Å². The van der Waals surface area contributed by atoms with Gasteiger partial charge in [0.15, 0.2) is 16.3 Å². The van der Waals surface area contributed by atoms with Crippen LogP contribution in [0.25, 0.3) is 11.8 Å². The molecule has 3 aromatic rings. The number of aromatic nitrogens is 1. The molecule has 0 aliphatic carbocycles. The van der Waals surface area contributed by atoms with Crippen LogP contribution in [0, 0.1) is 0 Å². The fourth-order valence-corrected chi connectivity index (χ4v) is 4.98. The molecule has 0 spiro atoms. The SMILES string of the molecule is CCOC(=O)C1=C(C)n2c(s/c(=C/c3ccc(N(C)C)cc3)c2=O)=NC1c1ccc(O)c(OC)c1. The van der Waals surface area contributed by atoms with Crippen molar-refractivity contribution < 1.29 is 19.4 Å². The second-order valence-electron chi connectivity index (χ2n) is 8.20. The molecule has 4 rings (SSSR count). The lowest BCUT2D eigenvalue weighted by Crippen LogP contribution is -2.35. The van der Waals surface area contributed by atoms with Gasteiger partial charge in [0.1, 0.15) is 6.04 Å². The zero-order chi connectivity index (χ0) is 25.3. The third-order valence-electron chi connectivity index (χ3n) is 5.77. The molecular formula is C26H27N3O5S. The second-order valence-corrected chi connectivity index (χ2v) is 9.21. The Morgan fingerprint density at radius 3 is 2.57 bits per heavy atom. The normalized spacial score (nSPS) is 15.5. The number of esters is 1. The van der Waals surface area contributed by atoms with Crippen LogP contribution in [0.1, 0.15) is 31.0 Å². The van der Waals surface area contributed by atoms with Crippen molar-refractivity contribution in [1.29, 1.82) is 0 Å². The zero-order valence-electron chi connectivity index (χ0n) is 20.2. The Kier molecular flexibility index (Phi) is 6.79. The van der Waals surface area contributed by atoms with Crippen molar-refractivity contribution in [3.63, 3.8) is 0 Å². The Morgan fingerprint density at radius 2 is 1.94 bits per heavy atom. The summed E-state index contributed by atoms with van der Waals surface area (Å²) in [5, 5.41) is 10.0. The van der Waals surface area contributed by atoms with Crippen LogP contribution in [-0.4, -0.2) is 43.5 Å². The number of aromatic hydroxyl groups is 1. The van der Waals surface area contributed by atoms with E-state index < -0.39 is 12.0 Å². The van der Waals surface area contributed by atoms with E-state index in [4.69, 9.17) is 14.5 Å². The number of rotatable bonds is 6. The van der Waals surface area contributed by atoms with E-state index in [9.17, 15) is 14.7 Å². The monoisotopic (exact) mass is 493 g/mol. The number of allylic oxidation sites excluding steroid dienone is 1. The molecule has 0 amide bonds. The van der Waals surface area contributed by atoms with Crippen LogP contribution in [0.15, 0.2) is 57.8 Å². The minimum atomic E-state index is -0.714. The molecule has 1 atom stereocenters. The molecule has 1 aromatic heterocycles. The number of fused-ring (bicyclic) bond motifs is 1. The molecule has 1 unspecified atom stereocenters. The van der Waals surface area contributed by atoms with Crippen molar-refractivity contribution in [3.05, 3.63) is 78.9 Å². The minimum absolute atomic E-state index is 0.0179. The molecule has 9 heteroatoms. The predicted molar refractivity (Wildman–Crippen MR) is 137 cm³/mol. The highest BCUT2D eigenvalue weighted by molar-refractivity contribution is 7.07. The van der Waals surface area contributed by atoms with E-state index in [0.717, 1.165) is 11.3 Å². The van der Waals surface area contributed by atoms with Crippen LogP contribution in [0.5, 0.6) is 11.5 Å².